The Labute approximate surface area is 99.5 Å². The van der Waals surface area contributed by atoms with Crippen molar-refractivity contribution in [3.63, 3.8) is 0 Å². The fourth-order valence-corrected chi connectivity index (χ4v) is 2.80. The molecule has 1 aromatic heterocycles. The van der Waals surface area contributed by atoms with Crippen molar-refractivity contribution < 1.29 is 4.79 Å². The first kappa shape index (κ1) is 11.4. The Hall–Kier alpha value is -1.10. The molecule has 0 aliphatic carbocycles. The molecule has 2 N–H and O–H groups in total. The van der Waals surface area contributed by atoms with Crippen LogP contribution in [0.1, 0.15) is 30.8 Å². The number of hydrogen-bond acceptors (Lipinski definition) is 4. The molecule has 0 aromatic carbocycles. The van der Waals surface area contributed by atoms with Crippen LogP contribution in [0.25, 0.3) is 0 Å². The second-order valence-corrected chi connectivity index (χ2v) is 5.70. The number of hydrogen-bond donors (Lipinski definition) is 1. The highest BCUT2D eigenvalue weighted by Gasteiger charge is 2.23. The van der Waals surface area contributed by atoms with Crippen LogP contribution in [0, 0.1) is 5.92 Å². The summed E-state index contributed by atoms with van der Waals surface area (Å²) < 4.78 is 0. The summed E-state index contributed by atoms with van der Waals surface area (Å²) in [5.41, 5.74) is 6.74. The maximum absolute atomic E-state index is 11.9. The van der Waals surface area contributed by atoms with E-state index in [0.717, 1.165) is 23.5 Å². The molecule has 0 unspecified atom stereocenters. The molecule has 0 bridgehead atoms. The number of aromatic nitrogens is 1. The smallest absolute Gasteiger partial charge is 0.223 e. The summed E-state index contributed by atoms with van der Waals surface area (Å²) in [6, 6.07) is 0. The van der Waals surface area contributed by atoms with E-state index in [-0.39, 0.29) is 5.91 Å². The Morgan fingerprint density at radius 1 is 1.62 bits per heavy atom. The lowest BCUT2D eigenvalue weighted by Gasteiger charge is -2.26. The predicted molar refractivity (Wildman–Crippen MR) is 65.1 cm³/mol. The van der Waals surface area contributed by atoms with E-state index in [1.165, 1.54) is 11.3 Å². The largest absolute Gasteiger partial charge is 0.375 e. The van der Waals surface area contributed by atoms with Crippen LogP contribution < -0.4 is 5.73 Å². The van der Waals surface area contributed by atoms with Crippen molar-refractivity contribution in [3.05, 3.63) is 10.6 Å². The van der Waals surface area contributed by atoms with Gasteiger partial charge in [-0.15, -0.1) is 11.3 Å². The number of carbonyl (C=O) groups is 1. The highest BCUT2D eigenvalue weighted by atomic mass is 32.1. The third-order valence-electron chi connectivity index (χ3n) is 2.68. The molecule has 2 heterocycles. The van der Waals surface area contributed by atoms with Crippen molar-refractivity contribution in [2.24, 2.45) is 5.92 Å². The Bertz CT molecular complexity index is 400. The van der Waals surface area contributed by atoms with Crippen molar-refractivity contribution in [3.8, 4) is 0 Å². The highest BCUT2D eigenvalue weighted by molar-refractivity contribution is 7.15. The fourth-order valence-electron chi connectivity index (χ4n) is 1.91. The maximum Gasteiger partial charge on any atom is 0.223 e. The van der Waals surface area contributed by atoms with Gasteiger partial charge in [0.2, 0.25) is 5.91 Å². The average Bonchev–Trinajstić information content (AvgIpc) is 2.55. The third-order valence-corrected chi connectivity index (χ3v) is 3.59. The topological polar surface area (TPSA) is 59.2 Å². The molecule has 5 heteroatoms. The number of carbonyl (C=O) groups excluding carboxylic acids is 1. The quantitative estimate of drug-likeness (QED) is 0.853. The molecule has 2 rings (SSSR count). The molecule has 0 saturated heterocycles. The SMILES string of the molecule is CC(C)CC(=O)N1CCc2nc(N)sc2C1. The van der Waals surface area contributed by atoms with E-state index in [9.17, 15) is 4.79 Å². The summed E-state index contributed by atoms with van der Waals surface area (Å²) in [6.07, 6.45) is 1.47. The van der Waals surface area contributed by atoms with Crippen LogP contribution in [0.3, 0.4) is 0 Å². The Morgan fingerprint density at radius 2 is 2.38 bits per heavy atom. The monoisotopic (exact) mass is 239 g/mol. The van der Waals surface area contributed by atoms with Gasteiger partial charge in [-0.25, -0.2) is 4.98 Å². The van der Waals surface area contributed by atoms with Gasteiger partial charge < -0.3 is 10.6 Å². The van der Waals surface area contributed by atoms with Crippen LogP contribution in [0.15, 0.2) is 0 Å². The van der Waals surface area contributed by atoms with E-state index < -0.39 is 0 Å². The van der Waals surface area contributed by atoms with Gasteiger partial charge in [0.1, 0.15) is 0 Å². The molecule has 0 saturated carbocycles. The lowest BCUT2D eigenvalue weighted by molar-refractivity contribution is -0.132. The minimum absolute atomic E-state index is 0.243. The number of fused-ring (bicyclic) bond motifs is 1. The molecular weight excluding hydrogens is 222 g/mol. The van der Waals surface area contributed by atoms with Gasteiger partial charge in [0, 0.05) is 24.3 Å². The first-order valence-electron chi connectivity index (χ1n) is 5.58. The Kier molecular flexibility index (Phi) is 3.14. The van der Waals surface area contributed by atoms with E-state index in [4.69, 9.17) is 5.73 Å². The highest BCUT2D eigenvalue weighted by Crippen LogP contribution is 2.26. The Balaban J connectivity index is 2.04. The zero-order chi connectivity index (χ0) is 11.7. The summed E-state index contributed by atoms with van der Waals surface area (Å²) >= 11 is 1.50. The van der Waals surface area contributed by atoms with E-state index in [1.54, 1.807) is 0 Å². The maximum atomic E-state index is 11.9. The van der Waals surface area contributed by atoms with Crippen LogP contribution in [-0.4, -0.2) is 22.3 Å². The van der Waals surface area contributed by atoms with Crippen molar-refractivity contribution in [2.75, 3.05) is 12.3 Å². The zero-order valence-corrected chi connectivity index (χ0v) is 10.5. The minimum atomic E-state index is 0.243. The molecule has 1 aliphatic heterocycles. The molecule has 1 aromatic rings. The van der Waals surface area contributed by atoms with Gasteiger partial charge in [0.05, 0.1) is 12.2 Å². The van der Waals surface area contributed by atoms with Gasteiger partial charge in [0.25, 0.3) is 0 Å². The number of nitrogens with two attached hydrogens (primary N) is 1. The summed E-state index contributed by atoms with van der Waals surface area (Å²) in [5.74, 6) is 0.660. The van der Waals surface area contributed by atoms with Gasteiger partial charge in [-0.05, 0) is 5.92 Å². The second-order valence-electron chi connectivity index (χ2n) is 4.59. The van der Waals surface area contributed by atoms with Crippen LogP contribution in [-0.2, 0) is 17.8 Å². The first-order chi connectivity index (χ1) is 7.56. The van der Waals surface area contributed by atoms with Gasteiger partial charge in [-0.2, -0.15) is 0 Å². The predicted octanol–water partition coefficient (Wildman–Crippen LogP) is 1.66. The number of thiazole rings is 1. The van der Waals surface area contributed by atoms with E-state index in [1.807, 2.05) is 4.90 Å². The zero-order valence-electron chi connectivity index (χ0n) is 9.69. The van der Waals surface area contributed by atoms with Crippen LogP contribution in [0.4, 0.5) is 5.13 Å². The molecule has 88 valence electrons. The van der Waals surface area contributed by atoms with Crippen LogP contribution in [0.2, 0.25) is 0 Å². The molecule has 16 heavy (non-hydrogen) atoms. The van der Waals surface area contributed by atoms with Crippen molar-refractivity contribution in [1.82, 2.24) is 9.88 Å². The summed E-state index contributed by atoms with van der Waals surface area (Å²) in [6.45, 7) is 5.60. The standard InChI is InChI=1S/C11H17N3OS/c1-7(2)5-10(15)14-4-3-8-9(6-14)16-11(12)13-8/h7H,3-6H2,1-2H3,(H2,12,13). The lowest BCUT2D eigenvalue weighted by Crippen LogP contribution is -2.36. The number of rotatable bonds is 2. The molecule has 0 fully saturated rings. The second kappa shape index (κ2) is 4.41. The van der Waals surface area contributed by atoms with Gasteiger partial charge in [-0.3, -0.25) is 4.79 Å². The summed E-state index contributed by atoms with van der Waals surface area (Å²) in [4.78, 5) is 19.2. The fraction of sp³-hybridized carbons (Fsp3) is 0.636. The van der Waals surface area contributed by atoms with Gasteiger partial charge >= 0.3 is 0 Å². The molecule has 0 atom stereocenters. The molecule has 4 nitrogen and oxygen atoms in total. The van der Waals surface area contributed by atoms with Crippen molar-refractivity contribution in [1.29, 1.82) is 0 Å². The number of nitrogen functional groups attached to an aromatic ring is 1. The van der Waals surface area contributed by atoms with E-state index in [0.29, 0.717) is 24.0 Å². The molecule has 1 amide bonds. The molecule has 0 spiro atoms. The molecular formula is C11H17N3OS. The number of nitrogens with zero attached hydrogens (tertiary/aromatic N) is 2. The summed E-state index contributed by atoms with van der Waals surface area (Å²) in [7, 11) is 0. The Morgan fingerprint density at radius 3 is 3.06 bits per heavy atom. The van der Waals surface area contributed by atoms with E-state index in [2.05, 4.69) is 18.8 Å². The third kappa shape index (κ3) is 2.35. The molecule has 1 aliphatic rings. The first-order valence-corrected chi connectivity index (χ1v) is 6.39. The van der Waals surface area contributed by atoms with Gasteiger partial charge in [-0.1, -0.05) is 13.8 Å². The van der Waals surface area contributed by atoms with Crippen molar-refractivity contribution in [2.45, 2.75) is 33.2 Å². The summed E-state index contributed by atoms with van der Waals surface area (Å²) in [5, 5.41) is 0.614. The van der Waals surface area contributed by atoms with Crippen molar-refractivity contribution >= 4 is 22.4 Å². The van der Waals surface area contributed by atoms with Crippen LogP contribution >= 0.6 is 11.3 Å². The lowest BCUT2D eigenvalue weighted by atomic mass is 10.1. The minimum Gasteiger partial charge on any atom is -0.375 e. The average molecular weight is 239 g/mol. The van der Waals surface area contributed by atoms with Crippen LogP contribution in [0.5, 0.6) is 0 Å². The number of anilines is 1. The molecule has 0 radical (unpaired) electrons. The van der Waals surface area contributed by atoms with E-state index >= 15 is 0 Å². The normalized spacial score (nSPS) is 15.3. The number of amides is 1. The van der Waals surface area contributed by atoms with Gasteiger partial charge in [0.15, 0.2) is 5.13 Å².